The predicted molar refractivity (Wildman–Crippen MR) is 132 cm³/mol. The number of hydrogen-bond donors (Lipinski definition) is 1. The lowest BCUT2D eigenvalue weighted by Gasteiger charge is -2.30. The molecule has 2 atom stereocenters. The summed E-state index contributed by atoms with van der Waals surface area (Å²) in [6.45, 7) is 8.08. The molecule has 0 saturated carbocycles. The Morgan fingerprint density at radius 2 is 1.82 bits per heavy atom. The monoisotopic (exact) mass is 470 g/mol. The Labute approximate surface area is 203 Å². The molecule has 1 aliphatic rings. The number of para-hydroxylation sites is 1. The first-order chi connectivity index (χ1) is 16.4. The van der Waals surface area contributed by atoms with Crippen LogP contribution in [0, 0.1) is 11.8 Å². The Hall–Kier alpha value is -2.77. The van der Waals surface area contributed by atoms with E-state index >= 15 is 0 Å². The maximum atomic E-state index is 13.0. The van der Waals surface area contributed by atoms with Crippen molar-refractivity contribution in [3.63, 3.8) is 0 Å². The van der Waals surface area contributed by atoms with Gasteiger partial charge in [-0.1, -0.05) is 38.1 Å². The molecule has 7 heteroatoms. The number of rotatable bonds is 11. The van der Waals surface area contributed by atoms with Gasteiger partial charge in [-0.05, 0) is 35.2 Å². The van der Waals surface area contributed by atoms with Crippen molar-refractivity contribution in [1.82, 2.24) is 9.80 Å². The van der Waals surface area contributed by atoms with Gasteiger partial charge in [0.2, 0.25) is 5.91 Å². The molecule has 3 rings (SSSR count). The lowest BCUT2D eigenvalue weighted by atomic mass is 9.87. The highest BCUT2D eigenvalue weighted by Gasteiger charge is 2.37. The minimum atomic E-state index is -0.0662. The first kappa shape index (κ1) is 25.8. The summed E-state index contributed by atoms with van der Waals surface area (Å²) in [6, 6.07) is 13.6. The van der Waals surface area contributed by atoms with Crippen LogP contribution in [0.5, 0.6) is 17.2 Å². The van der Waals surface area contributed by atoms with Crippen molar-refractivity contribution in [2.45, 2.75) is 26.3 Å². The second-order valence-electron chi connectivity index (χ2n) is 9.24. The zero-order valence-corrected chi connectivity index (χ0v) is 21.0. The van der Waals surface area contributed by atoms with Crippen molar-refractivity contribution >= 4 is 5.91 Å². The fraction of sp³-hybridized carbons (Fsp3) is 0.519. The van der Waals surface area contributed by atoms with Gasteiger partial charge in [0, 0.05) is 51.7 Å². The van der Waals surface area contributed by atoms with Crippen molar-refractivity contribution in [2.75, 3.05) is 54.1 Å². The summed E-state index contributed by atoms with van der Waals surface area (Å²) in [6.07, 6.45) is 0. The van der Waals surface area contributed by atoms with Gasteiger partial charge in [0.15, 0.2) is 11.5 Å². The molecule has 1 saturated heterocycles. The largest absolute Gasteiger partial charge is 0.504 e. The third-order valence-electron chi connectivity index (χ3n) is 6.53. The molecule has 0 aromatic heterocycles. The van der Waals surface area contributed by atoms with E-state index in [1.807, 2.05) is 49.1 Å². The molecular weight excluding hydrogens is 432 g/mol. The lowest BCUT2D eigenvalue weighted by Crippen LogP contribution is -2.41. The molecule has 7 nitrogen and oxygen atoms in total. The molecule has 0 radical (unpaired) electrons. The van der Waals surface area contributed by atoms with Gasteiger partial charge in [-0.25, -0.2) is 0 Å². The average molecular weight is 471 g/mol. The number of amides is 1. The van der Waals surface area contributed by atoms with E-state index in [1.165, 1.54) is 5.56 Å². The first-order valence-electron chi connectivity index (χ1n) is 11.9. The second kappa shape index (κ2) is 12.1. The molecule has 2 aromatic carbocycles. The van der Waals surface area contributed by atoms with E-state index < -0.39 is 0 Å². The summed E-state index contributed by atoms with van der Waals surface area (Å²) in [4.78, 5) is 17.3. The van der Waals surface area contributed by atoms with E-state index in [4.69, 9.17) is 14.2 Å². The van der Waals surface area contributed by atoms with Crippen LogP contribution in [0.1, 0.15) is 30.9 Å². The maximum absolute atomic E-state index is 13.0. The quantitative estimate of drug-likeness (QED) is 0.539. The highest BCUT2D eigenvalue weighted by molar-refractivity contribution is 5.78. The molecule has 1 heterocycles. The molecule has 0 bridgehead atoms. The minimum absolute atomic E-state index is 0.0662. The van der Waals surface area contributed by atoms with Gasteiger partial charge in [-0.3, -0.25) is 9.69 Å². The highest BCUT2D eigenvalue weighted by atomic mass is 16.5. The molecule has 186 valence electrons. The van der Waals surface area contributed by atoms with Crippen LogP contribution < -0.4 is 9.47 Å². The van der Waals surface area contributed by atoms with Crippen molar-refractivity contribution in [1.29, 1.82) is 0 Å². The molecule has 2 aromatic rings. The standard InChI is InChI=1S/C27H38N2O5/c1-19(2)27(31)29(12-13-32-3)17-21-16-28(15-20-10-11-24(30)26(14-20)34-5)18-23(21)22-8-6-7-9-25(22)33-4/h6-11,14,19,21,23,30H,12-13,15-18H2,1-5H3. The van der Waals surface area contributed by atoms with Gasteiger partial charge in [-0.15, -0.1) is 0 Å². The van der Waals surface area contributed by atoms with E-state index in [0.717, 1.165) is 30.9 Å². The van der Waals surface area contributed by atoms with Crippen molar-refractivity contribution in [2.24, 2.45) is 11.8 Å². The number of benzene rings is 2. The number of carbonyl (C=O) groups is 1. The van der Waals surface area contributed by atoms with Crippen LogP contribution in [-0.2, 0) is 16.1 Å². The number of aromatic hydroxyl groups is 1. The highest BCUT2D eigenvalue weighted by Crippen LogP contribution is 2.39. The van der Waals surface area contributed by atoms with Crippen LogP contribution in [-0.4, -0.2) is 74.9 Å². The number of ether oxygens (including phenoxy) is 3. The predicted octanol–water partition coefficient (Wildman–Crippen LogP) is 3.76. The van der Waals surface area contributed by atoms with Crippen LogP contribution in [0.25, 0.3) is 0 Å². The van der Waals surface area contributed by atoms with Gasteiger partial charge >= 0.3 is 0 Å². The van der Waals surface area contributed by atoms with Crippen molar-refractivity contribution in [3.8, 4) is 17.2 Å². The summed E-state index contributed by atoms with van der Waals surface area (Å²) in [5, 5.41) is 9.95. The van der Waals surface area contributed by atoms with E-state index in [2.05, 4.69) is 11.0 Å². The molecular formula is C27H38N2O5. The maximum Gasteiger partial charge on any atom is 0.225 e. The SMILES string of the molecule is COCCN(CC1CN(Cc2ccc(O)c(OC)c2)CC1c1ccccc1OC)C(=O)C(C)C. The Kier molecular flexibility index (Phi) is 9.19. The Balaban J connectivity index is 1.86. The molecule has 0 aliphatic carbocycles. The van der Waals surface area contributed by atoms with E-state index in [-0.39, 0.29) is 29.4 Å². The molecule has 2 unspecified atom stereocenters. The summed E-state index contributed by atoms with van der Waals surface area (Å²) in [7, 11) is 4.93. The molecule has 1 N–H and O–H groups in total. The van der Waals surface area contributed by atoms with E-state index in [1.54, 1.807) is 27.4 Å². The fourth-order valence-electron chi connectivity index (χ4n) is 4.82. The van der Waals surface area contributed by atoms with Crippen LogP contribution in [0.15, 0.2) is 42.5 Å². The minimum Gasteiger partial charge on any atom is -0.504 e. The van der Waals surface area contributed by atoms with Crippen LogP contribution in [0.4, 0.5) is 0 Å². The summed E-state index contributed by atoms with van der Waals surface area (Å²) in [5.74, 6) is 2.04. The average Bonchev–Trinajstić information content (AvgIpc) is 3.23. The fourth-order valence-corrected chi connectivity index (χ4v) is 4.82. The smallest absolute Gasteiger partial charge is 0.225 e. The second-order valence-corrected chi connectivity index (χ2v) is 9.24. The van der Waals surface area contributed by atoms with Gasteiger partial charge in [0.25, 0.3) is 0 Å². The molecule has 0 spiro atoms. The molecule has 1 fully saturated rings. The normalized spacial score (nSPS) is 18.3. The van der Waals surface area contributed by atoms with E-state index in [0.29, 0.717) is 25.4 Å². The number of carbonyl (C=O) groups excluding carboxylic acids is 1. The molecule has 1 aliphatic heterocycles. The first-order valence-corrected chi connectivity index (χ1v) is 11.9. The third kappa shape index (κ3) is 6.21. The topological polar surface area (TPSA) is 71.5 Å². The van der Waals surface area contributed by atoms with Gasteiger partial charge < -0.3 is 24.2 Å². The summed E-state index contributed by atoms with van der Waals surface area (Å²) >= 11 is 0. The van der Waals surface area contributed by atoms with Gasteiger partial charge in [0.05, 0.1) is 20.8 Å². The number of methoxy groups -OCH3 is 3. The number of hydrogen-bond acceptors (Lipinski definition) is 6. The summed E-state index contributed by atoms with van der Waals surface area (Å²) < 4.78 is 16.3. The van der Waals surface area contributed by atoms with Crippen LogP contribution >= 0.6 is 0 Å². The number of likely N-dealkylation sites (tertiary alicyclic amines) is 1. The number of phenols is 1. The third-order valence-corrected chi connectivity index (χ3v) is 6.53. The van der Waals surface area contributed by atoms with Gasteiger partial charge in [-0.2, -0.15) is 0 Å². The van der Waals surface area contributed by atoms with E-state index in [9.17, 15) is 9.90 Å². The Bertz CT molecular complexity index is 948. The zero-order valence-electron chi connectivity index (χ0n) is 21.0. The summed E-state index contributed by atoms with van der Waals surface area (Å²) in [5.41, 5.74) is 2.24. The van der Waals surface area contributed by atoms with Gasteiger partial charge in [0.1, 0.15) is 5.75 Å². The van der Waals surface area contributed by atoms with Crippen LogP contribution in [0.3, 0.4) is 0 Å². The Morgan fingerprint density at radius 1 is 1.09 bits per heavy atom. The molecule has 1 amide bonds. The zero-order chi connectivity index (χ0) is 24.7. The number of nitrogens with zero attached hydrogens (tertiary/aromatic N) is 2. The number of phenolic OH excluding ortho intramolecular Hbond substituents is 1. The Morgan fingerprint density at radius 3 is 2.50 bits per heavy atom. The van der Waals surface area contributed by atoms with Crippen molar-refractivity contribution < 1.29 is 24.1 Å². The lowest BCUT2D eigenvalue weighted by molar-refractivity contribution is -0.135. The molecule has 34 heavy (non-hydrogen) atoms. The van der Waals surface area contributed by atoms with Crippen molar-refractivity contribution in [3.05, 3.63) is 53.6 Å². The van der Waals surface area contributed by atoms with Crippen LogP contribution in [0.2, 0.25) is 0 Å².